The zero-order chi connectivity index (χ0) is 39.5. The van der Waals surface area contributed by atoms with E-state index in [0.29, 0.717) is 22.9 Å². The minimum Gasteiger partial charge on any atom is -0.455 e. The number of allylic oxidation sites excluding steroid dienone is 8. The fraction of sp³-hybridized carbons (Fsp3) is 0.127. The van der Waals surface area contributed by atoms with Gasteiger partial charge in [0.25, 0.3) is 0 Å². The Morgan fingerprint density at radius 2 is 1.39 bits per heavy atom. The summed E-state index contributed by atoms with van der Waals surface area (Å²) in [7, 11) is 0. The summed E-state index contributed by atoms with van der Waals surface area (Å²) in [4.78, 5) is 12.2. The molecule has 4 atom stereocenters. The molecule has 3 heterocycles. The van der Waals surface area contributed by atoms with Crippen LogP contribution in [0.2, 0.25) is 0 Å². The second-order valence-corrected chi connectivity index (χ2v) is 17.2. The summed E-state index contributed by atoms with van der Waals surface area (Å²) in [6.07, 6.45) is 18.9. The molecule has 7 aromatic rings. The molecule has 3 nitrogen and oxygen atoms in total. The molecule has 6 aromatic carbocycles. The summed E-state index contributed by atoms with van der Waals surface area (Å²) in [5.41, 5.74) is 15.6. The van der Waals surface area contributed by atoms with Crippen molar-refractivity contribution in [3.63, 3.8) is 0 Å². The normalized spacial score (nSPS) is 20.8. The number of hydrogen-bond donors (Lipinski definition) is 0. The second kappa shape index (κ2) is 14.7. The molecule has 0 fully saturated rings. The number of aliphatic imine (C=N–C) groups is 2. The lowest BCUT2D eigenvalue weighted by atomic mass is 9.82. The van der Waals surface area contributed by atoms with Crippen LogP contribution < -0.4 is 0 Å². The van der Waals surface area contributed by atoms with Crippen molar-refractivity contribution < 1.29 is 4.42 Å². The third-order valence-electron chi connectivity index (χ3n) is 12.5. The minimum atomic E-state index is 0.0156. The molecule has 11 rings (SSSR count). The lowest BCUT2D eigenvalue weighted by Gasteiger charge is -2.20. The number of hydrogen-bond acceptors (Lipinski definition) is 4. The number of benzene rings is 6. The molecule has 59 heavy (non-hydrogen) atoms. The molecule has 0 amide bonds. The van der Waals surface area contributed by atoms with Crippen LogP contribution in [0, 0.1) is 5.92 Å². The van der Waals surface area contributed by atoms with Gasteiger partial charge in [0.05, 0.1) is 11.4 Å². The predicted octanol–water partition coefficient (Wildman–Crippen LogP) is 14.5. The highest BCUT2D eigenvalue weighted by Crippen LogP contribution is 2.54. The van der Waals surface area contributed by atoms with Gasteiger partial charge in [-0.1, -0.05) is 165 Å². The fourth-order valence-electron chi connectivity index (χ4n) is 9.32. The SMILES string of the molecule is CC1=C(c2cccc3c2oc2ccc(-c4ccc5c(c4-c4ccccc4)C4C=CC=CC4S5)cc23)N=C(c2ccc(C3C=CC=CC3)cc2)N=C(c2ccccc2)C1C. The number of fused-ring (bicyclic) bond motifs is 6. The Morgan fingerprint density at radius 1 is 0.627 bits per heavy atom. The molecule has 0 bridgehead atoms. The van der Waals surface area contributed by atoms with Crippen LogP contribution >= 0.6 is 11.8 Å². The molecule has 0 saturated heterocycles. The molecule has 2 aliphatic heterocycles. The van der Waals surface area contributed by atoms with Gasteiger partial charge in [-0.2, -0.15) is 0 Å². The van der Waals surface area contributed by atoms with Gasteiger partial charge in [0.2, 0.25) is 0 Å². The van der Waals surface area contributed by atoms with E-state index in [1.165, 1.54) is 38.3 Å². The zero-order valence-corrected chi connectivity index (χ0v) is 33.9. The molecule has 4 unspecified atom stereocenters. The summed E-state index contributed by atoms with van der Waals surface area (Å²) in [6.45, 7) is 4.45. The summed E-state index contributed by atoms with van der Waals surface area (Å²) in [5, 5.41) is 2.60. The lowest BCUT2D eigenvalue weighted by Crippen LogP contribution is -2.15. The largest absolute Gasteiger partial charge is 0.455 e. The quantitative estimate of drug-likeness (QED) is 0.169. The maximum absolute atomic E-state index is 6.87. The predicted molar refractivity (Wildman–Crippen MR) is 249 cm³/mol. The van der Waals surface area contributed by atoms with Crippen LogP contribution in [0.3, 0.4) is 0 Å². The van der Waals surface area contributed by atoms with Crippen LogP contribution in [-0.4, -0.2) is 16.8 Å². The Labute approximate surface area is 349 Å². The summed E-state index contributed by atoms with van der Waals surface area (Å²) in [5.74, 6) is 1.44. The van der Waals surface area contributed by atoms with Gasteiger partial charge < -0.3 is 4.42 Å². The molecule has 0 spiro atoms. The molecule has 0 N–H and O–H groups in total. The molecule has 2 aliphatic carbocycles. The molecular formula is C55H42N2OS. The fourth-order valence-corrected chi connectivity index (χ4v) is 10.7. The van der Waals surface area contributed by atoms with Gasteiger partial charge in [-0.25, -0.2) is 9.98 Å². The van der Waals surface area contributed by atoms with E-state index < -0.39 is 0 Å². The van der Waals surface area contributed by atoms with Gasteiger partial charge in [-0.05, 0) is 82.1 Å². The van der Waals surface area contributed by atoms with Gasteiger partial charge in [0, 0.05) is 49.8 Å². The Bertz CT molecular complexity index is 3010. The zero-order valence-electron chi connectivity index (χ0n) is 33.0. The second-order valence-electron chi connectivity index (χ2n) is 16.0. The van der Waals surface area contributed by atoms with E-state index in [2.05, 4.69) is 196 Å². The average Bonchev–Trinajstić information content (AvgIpc) is 3.84. The molecule has 1 aromatic heterocycles. The number of amidine groups is 1. The Kier molecular flexibility index (Phi) is 8.89. The van der Waals surface area contributed by atoms with E-state index in [-0.39, 0.29) is 5.92 Å². The van der Waals surface area contributed by atoms with Crippen molar-refractivity contribution in [1.29, 1.82) is 0 Å². The number of thioether (sulfide) groups is 1. The highest BCUT2D eigenvalue weighted by atomic mass is 32.2. The van der Waals surface area contributed by atoms with Crippen molar-refractivity contribution in [3.05, 3.63) is 215 Å². The standard InChI is InChI=1S/C55H42N2OS/c1-34-35(2)53(57-55(56-52(34)39-19-10-5-11-20-39)40-27-25-37(26-28-40)36-15-6-3-7-16-36)45-23-14-22-43-46-33-41(29-31-47(46)58-54(43)45)42-30-32-49-51(44-21-12-13-24-48(44)59-49)50(42)38-17-8-4-9-18-38/h3-15,17-34,36,44,48H,16H2,1-2H3. The minimum absolute atomic E-state index is 0.0156. The molecule has 4 heteroatoms. The maximum atomic E-state index is 6.87. The Morgan fingerprint density at radius 3 is 2.19 bits per heavy atom. The van der Waals surface area contributed by atoms with Crippen LogP contribution in [0.15, 0.2) is 207 Å². The molecular weight excluding hydrogens is 737 g/mol. The van der Waals surface area contributed by atoms with Crippen molar-refractivity contribution in [3.8, 4) is 22.3 Å². The maximum Gasteiger partial charge on any atom is 0.160 e. The summed E-state index contributed by atoms with van der Waals surface area (Å²) in [6, 6.07) is 48.1. The van der Waals surface area contributed by atoms with Crippen molar-refractivity contribution >= 4 is 50.9 Å². The smallest absolute Gasteiger partial charge is 0.160 e. The topological polar surface area (TPSA) is 37.9 Å². The molecule has 284 valence electrons. The van der Waals surface area contributed by atoms with Crippen LogP contribution in [0.25, 0.3) is 49.9 Å². The van der Waals surface area contributed by atoms with E-state index in [4.69, 9.17) is 14.4 Å². The van der Waals surface area contributed by atoms with Gasteiger partial charge in [0.1, 0.15) is 11.2 Å². The number of furan rings is 1. The van der Waals surface area contributed by atoms with Gasteiger partial charge in [-0.3, -0.25) is 0 Å². The monoisotopic (exact) mass is 778 g/mol. The molecule has 0 radical (unpaired) electrons. The van der Waals surface area contributed by atoms with Crippen molar-refractivity contribution in [2.24, 2.45) is 15.9 Å². The average molecular weight is 779 g/mol. The number of rotatable bonds is 6. The van der Waals surface area contributed by atoms with E-state index >= 15 is 0 Å². The van der Waals surface area contributed by atoms with Crippen LogP contribution in [0.4, 0.5) is 0 Å². The van der Waals surface area contributed by atoms with E-state index in [9.17, 15) is 0 Å². The van der Waals surface area contributed by atoms with Crippen LogP contribution in [0.1, 0.15) is 59.9 Å². The van der Waals surface area contributed by atoms with Crippen molar-refractivity contribution in [1.82, 2.24) is 0 Å². The summed E-state index contributed by atoms with van der Waals surface area (Å²) < 4.78 is 6.87. The molecule has 4 aliphatic rings. The Balaban J connectivity index is 1.05. The highest BCUT2D eigenvalue weighted by Gasteiger charge is 2.35. The first kappa shape index (κ1) is 35.7. The highest BCUT2D eigenvalue weighted by molar-refractivity contribution is 8.00. The van der Waals surface area contributed by atoms with Gasteiger partial charge >= 0.3 is 0 Å². The first-order valence-corrected chi connectivity index (χ1v) is 21.5. The first-order valence-electron chi connectivity index (χ1n) is 20.7. The van der Waals surface area contributed by atoms with Crippen LogP contribution in [0.5, 0.6) is 0 Å². The van der Waals surface area contributed by atoms with E-state index in [0.717, 1.165) is 62.0 Å². The van der Waals surface area contributed by atoms with Gasteiger partial charge in [-0.15, -0.1) is 11.8 Å². The molecule has 0 saturated carbocycles. The number of para-hydroxylation sites is 1. The first-order chi connectivity index (χ1) is 29.1. The third-order valence-corrected chi connectivity index (χ3v) is 13.9. The van der Waals surface area contributed by atoms with E-state index in [1.54, 1.807) is 0 Å². The number of nitrogens with zero attached hydrogens (tertiary/aromatic N) is 2. The van der Waals surface area contributed by atoms with Crippen molar-refractivity contribution in [2.75, 3.05) is 0 Å². The Hall–Kier alpha value is -6.49. The third kappa shape index (κ3) is 6.22. The van der Waals surface area contributed by atoms with Gasteiger partial charge in [0.15, 0.2) is 5.84 Å². The lowest BCUT2D eigenvalue weighted by molar-refractivity contribution is 0.667. The summed E-state index contributed by atoms with van der Waals surface area (Å²) >= 11 is 1.98. The van der Waals surface area contributed by atoms with Crippen LogP contribution in [-0.2, 0) is 0 Å². The van der Waals surface area contributed by atoms with Crippen molar-refractivity contribution in [2.45, 2.75) is 42.2 Å². The van der Waals surface area contributed by atoms with E-state index in [1.807, 2.05) is 11.8 Å².